The zero-order chi connectivity index (χ0) is 23.6. The van der Waals surface area contributed by atoms with Gasteiger partial charge in [-0.2, -0.15) is 0 Å². The van der Waals surface area contributed by atoms with Gasteiger partial charge in [0.25, 0.3) is 11.6 Å². The van der Waals surface area contributed by atoms with Gasteiger partial charge in [-0.15, -0.1) is 0 Å². The van der Waals surface area contributed by atoms with Crippen molar-refractivity contribution in [2.75, 3.05) is 29.9 Å². The van der Waals surface area contributed by atoms with Crippen LogP contribution in [0.4, 0.5) is 21.9 Å². The van der Waals surface area contributed by atoms with Crippen molar-refractivity contribution < 1.29 is 19.3 Å². The summed E-state index contributed by atoms with van der Waals surface area (Å²) in [7, 11) is 0. The number of non-ortho nitro benzene ring substituents is 1. The van der Waals surface area contributed by atoms with Crippen molar-refractivity contribution >= 4 is 34.9 Å². The molecule has 2 aromatic rings. The van der Waals surface area contributed by atoms with E-state index in [1.807, 2.05) is 12.1 Å². The van der Waals surface area contributed by atoms with Crippen LogP contribution in [-0.2, 0) is 15.1 Å². The number of amides is 4. The van der Waals surface area contributed by atoms with Crippen molar-refractivity contribution in [1.29, 1.82) is 0 Å². The Bertz CT molecular complexity index is 1080. The zero-order valence-electron chi connectivity index (χ0n) is 18.2. The fraction of sp³-hybridized carbons (Fsp3) is 0.348. The van der Waals surface area contributed by atoms with E-state index in [2.05, 4.69) is 15.5 Å². The summed E-state index contributed by atoms with van der Waals surface area (Å²) >= 11 is 0. The molecule has 2 N–H and O–H groups in total. The number of urea groups is 1. The van der Waals surface area contributed by atoms with Gasteiger partial charge in [0, 0.05) is 36.6 Å². The Labute approximate surface area is 190 Å². The predicted molar refractivity (Wildman–Crippen MR) is 122 cm³/mol. The van der Waals surface area contributed by atoms with Crippen LogP contribution < -0.4 is 15.5 Å². The maximum Gasteiger partial charge on any atom is 0.325 e. The molecule has 0 bridgehead atoms. The van der Waals surface area contributed by atoms with E-state index in [0.29, 0.717) is 11.3 Å². The molecule has 0 radical (unpaired) electrons. The monoisotopic (exact) mass is 451 g/mol. The van der Waals surface area contributed by atoms with Crippen molar-refractivity contribution in [1.82, 2.24) is 10.2 Å². The van der Waals surface area contributed by atoms with Crippen LogP contribution in [0.15, 0.2) is 48.5 Å². The molecule has 1 atom stereocenters. The third-order valence-electron chi connectivity index (χ3n) is 6.10. The number of nitrogens with one attached hydrogen (secondary N) is 2. The summed E-state index contributed by atoms with van der Waals surface area (Å²) in [6, 6.07) is 12.2. The number of benzene rings is 2. The Morgan fingerprint density at radius 1 is 1.06 bits per heavy atom. The number of hydrogen-bond acceptors (Lipinski definition) is 6. The van der Waals surface area contributed by atoms with Crippen molar-refractivity contribution in [2.24, 2.45) is 0 Å². The fourth-order valence-corrected chi connectivity index (χ4v) is 4.20. The molecule has 2 heterocycles. The predicted octanol–water partition coefficient (Wildman–Crippen LogP) is 2.99. The highest BCUT2D eigenvalue weighted by atomic mass is 16.6. The molecule has 4 rings (SSSR count). The summed E-state index contributed by atoms with van der Waals surface area (Å²) in [6.07, 6.45) is 3.59. The Hall–Kier alpha value is -3.95. The van der Waals surface area contributed by atoms with E-state index >= 15 is 0 Å². The lowest BCUT2D eigenvalue weighted by Crippen LogP contribution is -2.42. The number of nitro groups is 1. The number of rotatable bonds is 6. The zero-order valence-corrected chi connectivity index (χ0v) is 18.2. The minimum Gasteiger partial charge on any atom is -0.372 e. The van der Waals surface area contributed by atoms with Gasteiger partial charge < -0.3 is 15.5 Å². The first-order valence-corrected chi connectivity index (χ1v) is 10.8. The lowest BCUT2D eigenvalue weighted by Gasteiger charge is -2.28. The number of nitro benzene ring substituents is 1. The molecule has 2 fully saturated rings. The maximum absolute atomic E-state index is 13.0. The van der Waals surface area contributed by atoms with E-state index < -0.39 is 34.9 Å². The molecule has 0 unspecified atom stereocenters. The molecule has 0 spiro atoms. The van der Waals surface area contributed by atoms with Gasteiger partial charge in [0.1, 0.15) is 12.1 Å². The van der Waals surface area contributed by atoms with Crippen molar-refractivity contribution in [3.8, 4) is 0 Å². The first kappa shape index (κ1) is 22.3. The molecule has 0 aromatic heterocycles. The smallest absolute Gasteiger partial charge is 0.325 e. The van der Waals surface area contributed by atoms with E-state index in [1.54, 1.807) is 12.1 Å². The molecule has 4 amide bonds. The van der Waals surface area contributed by atoms with Gasteiger partial charge in [-0.05, 0) is 68.1 Å². The fourth-order valence-electron chi connectivity index (χ4n) is 4.20. The van der Waals surface area contributed by atoms with Gasteiger partial charge in [0.2, 0.25) is 5.91 Å². The summed E-state index contributed by atoms with van der Waals surface area (Å²) in [5.74, 6) is -1.10. The molecule has 10 nitrogen and oxygen atoms in total. The van der Waals surface area contributed by atoms with Gasteiger partial charge in [-0.25, -0.2) is 4.79 Å². The summed E-state index contributed by atoms with van der Waals surface area (Å²) < 4.78 is 0. The Morgan fingerprint density at radius 2 is 1.70 bits per heavy atom. The third-order valence-corrected chi connectivity index (χ3v) is 6.10. The number of carbonyl (C=O) groups excluding carboxylic acids is 3. The quantitative estimate of drug-likeness (QED) is 0.395. The van der Waals surface area contributed by atoms with Crippen LogP contribution in [0.2, 0.25) is 0 Å². The second-order valence-corrected chi connectivity index (χ2v) is 8.39. The van der Waals surface area contributed by atoms with Crippen LogP contribution in [0.25, 0.3) is 0 Å². The van der Waals surface area contributed by atoms with Gasteiger partial charge in [-0.3, -0.25) is 24.6 Å². The summed E-state index contributed by atoms with van der Waals surface area (Å²) in [5.41, 5.74) is 0.527. The second-order valence-electron chi connectivity index (χ2n) is 8.39. The molecule has 2 aliphatic heterocycles. The Kier molecular flexibility index (Phi) is 5.99. The average molecular weight is 451 g/mol. The number of nitrogens with zero attached hydrogens (tertiary/aromatic N) is 3. The van der Waals surface area contributed by atoms with Gasteiger partial charge >= 0.3 is 6.03 Å². The Morgan fingerprint density at radius 3 is 2.30 bits per heavy atom. The number of hydrogen-bond donors (Lipinski definition) is 2. The van der Waals surface area contributed by atoms with Crippen LogP contribution >= 0.6 is 0 Å². The molecule has 0 aliphatic carbocycles. The summed E-state index contributed by atoms with van der Waals surface area (Å²) in [5, 5.41) is 16.2. The maximum atomic E-state index is 13.0. The molecule has 2 aromatic carbocycles. The number of carbonyl (C=O) groups is 3. The first-order chi connectivity index (χ1) is 15.8. The lowest BCUT2D eigenvalue weighted by atomic mass is 9.92. The van der Waals surface area contributed by atoms with Crippen LogP contribution in [-0.4, -0.2) is 47.3 Å². The van der Waals surface area contributed by atoms with Crippen molar-refractivity contribution in [2.45, 2.75) is 31.7 Å². The van der Waals surface area contributed by atoms with Gasteiger partial charge in [-0.1, -0.05) is 0 Å². The molecular weight excluding hydrogens is 426 g/mol. The summed E-state index contributed by atoms with van der Waals surface area (Å²) in [6.45, 7) is 3.10. The molecular formula is C23H25N5O5. The molecule has 33 heavy (non-hydrogen) atoms. The standard InChI is InChI=1S/C23H25N5O5/c1-23(16-5-9-19(10-6-16)28(32)33)21(30)27(22(31)25-23)15-20(29)24-17-7-11-18(12-8-17)26-13-3-2-4-14-26/h5-12H,2-4,13-15H2,1H3,(H,24,29)(H,25,31)/t23-/m0/s1. The highest BCUT2D eigenvalue weighted by Crippen LogP contribution is 2.30. The van der Waals surface area contributed by atoms with Crippen LogP contribution in [0.3, 0.4) is 0 Å². The first-order valence-electron chi connectivity index (χ1n) is 10.8. The topological polar surface area (TPSA) is 125 Å². The van der Waals surface area contributed by atoms with E-state index in [9.17, 15) is 24.5 Å². The average Bonchev–Trinajstić information content (AvgIpc) is 3.04. The lowest BCUT2D eigenvalue weighted by molar-refractivity contribution is -0.384. The summed E-state index contributed by atoms with van der Waals surface area (Å²) in [4.78, 5) is 51.5. The number of piperidine rings is 1. The van der Waals surface area contributed by atoms with Gasteiger partial charge in [0.15, 0.2) is 0 Å². The van der Waals surface area contributed by atoms with E-state index in [0.717, 1.165) is 23.7 Å². The van der Waals surface area contributed by atoms with Crippen molar-refractivity contribution in [3.63, 3.8) is 0 Å². The van der Waals surface area contributed by atoms with Gasteiger partial charge in [0.05, 0.1) is 4.92 Å². The number of anilines is 2. The van der Waals surface area contributed by atoms with Crippen molar-refractivity contribution in [3.05, 3.63) is 64.2 Å². The third kappa shape index (κ3) is 4.50. The highest BCUT2D eigenvalue weighted by molar-refractivity contribution is 6.10. The molecule has 2 saturated heterocycles. The SMILES string of the molecule is C[C@@]1(c2ccc([N+](=O)[O-])cc2)NC(=O)N(CC(=O)Nc2ccc(N3CCCCC3)cc2)C1=O. The van der Waals surface area contributed by atoms with Crippen LogP contribution in [0.1, 0.15) is 31.7 Å². The second kappa shape index (κ2) is 8.89. The normalized spacial score (nSPS) is 20.5. The highest BCUT2D eigenvalue weighted by Gasteiger charge is 2.49. The van der Waals surface area contributed by atoms with E-state index in [-0.39, 0.29) is 5.69 Å². The largest absolute Gasteiger partial charge is 0.372 e. The molecule has 2 aliphatic rings. The molecule has 0 saturated carbocycles. The van der Waals surface area contributed by atoms with Crippen LogP contribution in [0, 0.1) is 10.1 Å². The van der Waals surface area contributed by atoms with E-state index in [4.69, 9.17) is 0 Å². The van der Waals surface area contributed by atoms with Crippen LogP contribution in [0.5, 0.6) is 0 Å². The van der Waals surface area contributed by atoms with E-state index in [1.165, 1.54) is 50.5 Å². The molecule has 10 heteroatoms. The minimum atomic E-state index is -1.41. The minimum absolute atomic E-state index is 0.123. The number of imide groups is 1. The Balaban J connectivity index is 1.40. The molecule has 172 valence electrons.